The highest BCUT2D eigenvalue weighted by atomic mass is 16.8. The second-order valence-corrected chi connectivity index (χ2v) is 35.8. The molecule has 0 aromatic carbocycles. The first kappa shape index (κ1) is 118. The van der Waals surface area contributed by atoms with Crippen molar-refractivity contribution in [3.63, 3.8) is 0 Å². The number of aliphatic hydroxyl groups is 2. The maximum atomic E-state index is 14.7. The first-order chi connectivity index (χ1) is 66.1. The third-order valence-corrected chi connectivity index (χ3v) is 27.0. The van der Waals surface area contributed by atoms with E-state index in [-0.39, 0.29) is 59.0 Å². The Hall–Kier alpha value is -3.03. The number of carbonyl (C=O) groups excluding carboxylic acids is 3. The molecule has 42 heteroatoms. The van der Waals surface area contributed by atoms with Crippen LogP contribution in [0.25, 0.3) is 0 Å². The van der Waals surface area contributed by atoms with Gasteiger partial charge in [0.25, 0.3) is 0 Å². The molecule has 42 nitrogen and oxygen atoms in total. The van der Waals surface area contributed by atoms with Gasteiger partial charge < -0.3 is 187 Å². The fraction of sp³-hybridized carbons (Fsp3) is 0.968. The molecule has 796 valence electrons. The highest BCUT2D eigenvalue weighted by molar-refractivity contribution is 5.84. The van der Waals surface area contributed by atoms with Crippen molar-refractivity contribution >= 4 is 17.8 Å². The number of esters is 1. The zero-order chi connectivity index (χ0) is 98.8. The van der Waals surface area contributed by atoms with E-state index in [0.717, 1.165) is 64.2 Å². The second kappa shape index (κ2) is 64.1. The molecule has 0 spiro atoms. The molecule has 4 N–H and O–H groups in total. The molecule has 21 rings (SSSR count). The number of amides is 2. The van der Waals surface area contributed by atoms with Crippen LogP contribution in [0.15, 0.2) is 0 Å². The van der Waals surface area contributed by atoms with Gasteiger partial charge in [-0.05, 0) is 12.8 Å². The third kappa shape index (κ3) is 32.5. The summed E-state index contributed by atoms with van der Waals surface area (Å²) in [6.07, 6.45) is -23.2. The van der Waals surface area contributed by atoms with E-state index in [4.69, 9.17) is 166 Å². The molecule has 21 aliphatic rings. The molecule has 38 unspecified atom stereocenters. The van der Waals surface area contributed by atoms with Crippen LogP contribution in [0.2, 0.25) is 0 Å². The predicted molar refractivity (Wildman–Crippen MR) is 483 cm³/mol. The van der Waals surface area contributed by atoms with Crippen LogP contribution in [0.3, 0.4) is 0 Å². The number of hydrogen-bond acceptors (Lipinski definition) is 40. The molecule has 0 radical (unpaired) electrons. The van der Waals surface area contributed by atoms with E-state index in [2.05, 4.69) is 24.5 Å². The summed E-state index contributed by atoms with van der Waals surface area (Å²) in [5, 5.41) is 29.1. The van der Waals surface area contributed by atoms with E-state index >= 15 is 0 Å². The van der Waals surface area contributed by atoms with Gasteiger partial charge in [0.15, 0.2) is 44.0 Å². The lowest BCUT2D eigenvalue weighted by atomic mass is 9.94. The largest absolute Gasteiger partial charge is 0.463 e. The van der Waals surface area contributed by atoms with Gasteiger partial charge in [-0.25, -0.2) is 0 Å². The number of nitrogens with one attached hydrogen (secondary N) is 2. The molecule has 14 bridgehead atoms. The van der Waals surface area contributed by atoms with Gasteiger partial charge >= 0.3 is 5.97 Å². The summed E-state index contributed by atoms with van der Waals surface area (Å²) in [6.45, 7) is 2.92. The topological polar surface area (TPSA) is 439 Å². The Bertz CT molecular complexity index is 3160. The van der Waals surface area contributed by atoms with Crippen molar-refractivity contribution < 1.29 is 190 Å². The normalized spacial score (nSPS) is 37.1. The molecule has 21 fully saturated rings. The van der Waals surface area contributed by atoms with Gasteiger partial charge in [0.1, 0.15) is 184 Å². The molecule has 21 saturated heterocycles. The van der Waals surface area contributed by atoms with Crippen molar-refractivity contribution in [2.75, 3.05) is 195 Å². The Morgan fingerprint density at radius 3 is 0.728 bits per heavy atom. The summed E-state index contributed by atoms with van der Waals surface area (Å²) in [7, 11) is 29.5. The minimum absolute atomic E-state index is 0.0799. The number of rotatable bonds is 57. The first-order valence-electron chi connectivity index (χ1n) is 48.7. The van der Waals surface area contributed by atoms with Gasteiger partial charge in [-0.2, -0.15) is 0 Å². The number of hydrogen-bond donors (Lipinski definition) is 4. The van der Waals surface area contributed by atoms with Crippen LogP contribution in [-0.4, -0.2) is 456 Å². The van der Waals surface area contributed by atoms with Crippen molar-refractivity contribution in [2.24, 2.45) is 0 Å². The zero-order valence-corrected chi connectivity index (χ0v) is 84.8. The number of carbonyl (C=O) groups is 3. The summed E-state index contributed by atoms with van der Waals surface area (Å²) in [6, 6.07) is -1.23. The Morgan fingerprint density at radius 2 is 0.485 bits per heavy atom. The van der Waals surface area contributed by atoms with Crippen molar-refractivity contribution in [3.8, 4) is 0 Å². The summed E-state index contributed by atoms with van der Waals surface area (Å²) in [5.41, 5.74) is 0. The summed E-state index contributed by atoms with van der Waals surface area (Å²) < 4.78 is 229. The van der Waals surface area contributed by atoms with Crippen LogP contribution >= 0.6 is 0 Å². The van der Waals surface area contributed by atoms with Crippen LogP contribution in [-0.2, 0) is 180 Å². The first-order valence-corrected chi connectivity index (χ1v) is 48.7. The number of unbranched alkanes of at least 4 members (excludes halogenated alkanes) is 17. The van der Waals surface area contributed by atoms with Crippen LogP contribution in [0.4, 0.5) is 0 Å². The summed E-state index contributed by atoms with van der Waals surface area (Å²) in [5.74, 6) is -1.80. The van der Waals surface area contributed by atoms with Gasteiger partial charge in [0, 0.05) is 168 Å². The molecule has 0 saturated carbocycles. The van der Waals surface area contributed by atoms with Gasteiger partial charge in [0.2, 0.25) is 11.8 Å². The molecule has 0 aliphatic carbocycles. The predicted octanol–water partition coefficient (Wildman–Crippen LogP) is 4.74. The van der Waals surface area contributed by atoms with Gasteiger partial charge in [-0.3, -0.25) is 14.4 Å². The minimum atomic E-state index is -1.52. The number of aliphatic hydroxyl groups excluding tert-OH is 2. The smallest absolute Gasteiger partial charge is 0.305 e. The Labute approximate surface area is 805 Å². The Balaban J connectivity index is 1.16. The summed E-state index contributed by atoms with van der Waals surface area (Å²) in [4.78, 5) is 42.2. The average molecular weight is 1970 g/mol. The van der Waals surface area contributed by atoms with Crippen molar-refractivity contribution in [3.05, 3.63) is 0 Å². The van der Waals surface area contributed by atoms with Crippen LogP contribution < -0.4 is 10.6 Å². The van der Waals surface area contributed by atoms with E-state index in [0.29, 0.717) is 12.8 Å². The Kier molecular flexibility index (Phi) is 55.7. The van der Waals surface area contributed by atoms with E-state index in [9.17, 15) is 24.6 Å². The number of methoxy groups -OCH3 is 20. The molecule has 0 aromatic heterocycles. The highest BCUT2D eigenvalue weighted by Gasteiger charge is 2.63. The average Bonchev–Trinajstić information content (AvgIpc) is 0.776. The molecule has 2 amide bonds. The quantitative estimate of drug-likeness (QED) is 0.0472. The Morgan fingerprint density at radius 1 is 0.265 bits per heavy atom. The van der Waals surface area contributed by atoms with E-state index < -0.39 is 270 Å². The lowest BCUT2D eigenvalue weighted by molar-refractivity contribution is -0.402. The zero-order valence-electron chi connectivity index (χ0n) is 84.8. The van der Waals surface area contributed by atoms with E-state index in [1.165, 1.54) is 187 Å². The fourth-order valence-corrected chi connectivity index (χ4v) is 19.9. The van der Waals surface area contributed by atoms with Crippen LogP contribution in [0, 0.1) is 0 Å². The molecular formula is C94H170N2O40. The SMILES string of the molecule is CCCCCCCCCCCCCCC(O)C(O)C(COC(=O)CCCCCCCCC)NC(=O)CCC(=O)NCC1OC2OC3C(COC)OC(OC4C(COC)OC(OC5C(COC)OC(OC6C(COC)OC(OC7C(COC)OC(OC8C(COC)OC(OC1C(OC)C2OC)C(OC)C8OC)C(OC)C7OC)C(OC)C6OC)C(OC)C5OC)C(OC)C4OC)C(OC)C3OC. The van der Waals surface area contributed by atoms with Crippen molar-refractivity contribution in [2.45, 2.75) is 395 Å². The molecule has 0 aromatic rings. The molecular weight excluding hydrogens is 1800 g/mol. The molecule has 136 heavy (non-hydrogen) atoms. The van der Waals surface area contributed by atoms with Crippen molar-refractivity contribution in [1.29, 1.82) is 0 Å². The molecule has 38 atom stereocenters. The number of ether oxygens (including phenoxy) is 35. The standard InChI is InChI=1S/C94H170N2O40/c1-23-25-27-29-31-32-33-34-35-37-38-40-42-55(97)66(101)54(47-122-65(100)43-41-39-36-30-28-26-24-2)96-64(99)45-44-63(98)95-46-56-67-74(108-9)81(115-16)88(123-56)131-68-57(48-102-3)125-90(83(117-18)75(68)109-10)133-70-59(50-104-5)127-92(85(119-20)77(70)111-12)135-72-61(52-106-7)129-94(87(121-22)79(72)113-14)136-73-62(53-107-8)128-93(86(120-21)80(73)114-15)134-71-60(51-105-6)126-91(84(118-19)78(71)112-13)132-69-58(49-103-4)124-89(130-67)82(116-17)76(69)110-11/h54-62,66-94,97,101H,23-53H2,1-22H3,(H,95,98)(H,96,99). The van der Waals surface area contributed by atoms with E-state index in [1.807, 2.05) is 0 Å². The molecule has 21 aliphatic heterocycles. The lowest BCUT2D eigenvalue weighted by Gasteiger charge is -2.52. The van der Waals surface area contributed by atoms with Gasteiger partial charge in [-0.15, -0.1) is 0 Å². The van der Waals surface area contributed by atoms with Gasteiger partial charge in [-0.1, -0.05) is 129 Å². The third-order valence-electron chi connectivity index (χ3n) is 27.0. The monoisotopic (exact) mass is 1970 g/mol. The summed E-state index contributed by atoms with van der Waals surface area (Å²) >= 11 is 0. The maximum Gasteiger partial charge on any atom is 0.305 e. The van der Waals surface area contributed by atoms with Gasteiger partial charge in [0.05, 0.1) is 51.8 Å². The minimum Gasteiger partial charge on any atom is -0.463 e. The maximum absolute atomic E-state index is 14.7. The fourth-order valence-electron chi connectivity index (χ4n) is 19.9. The second-order valence-electron chi connectivity index (χ2n) is 35.8. The molecule has 21 heterocycles. The van der Waals surface area contributed by atoms with E-state index in [1.54, 1.807) is 0 Å². The van der Waals surface area contributed by atoms with Crippen LogP contribution in [0.1, 0.15) is 162 Å². The van der Waals surface area contributed by atoms with Crippen molar-refractivity contribution in [1.82, 2.24) is 10.6 Å². The van der Waals surface area contributed by atoms with Crippen LogP contribution in [0.5, 0.6) is 0 Å². The lowest BCUT2D eigenvalue weighted by Crippen LogP contribution is -2.69. The highest BCUT2D eigenvalue weighted by Crippen LogP contribution is 2.44.